The van der Waals surface area contributed by atoms with E-state index in [1.54, 1.807) is 36.4 Å². The standard InChI is InChI=1S/C21H33N3O3S/c1-22-28(26,27)20-12-9-18(10-13-20)11-14-21(25)24(16-15-23(2)3)17-19-7-5-4-6-8-19/h9-14,19,22H,4-8,15-17H2,1-3H3. The summed E-state index contributed by atoms with van der Waals surface area (Å²) in [5, 5.41) is 0. The van der Waals surface area contributed by atoms with Crippen molar-refractivity contribution in [2.45, 2.75) is 37.0 Å². The van der Waals surface area contributed by atoms with Gasteiger partial charge in [0.15, 0.2) is 0 Å². The predicted molar refractivity (Wildman–Crippen MR) is 113 cm³/mol. The van der Waals surface area contributed by atoms with E-state index in [0.717, 1.165) is 18.7 Å². The number of rotatable bonds is 9. The first-order valence-corrected chi connectivity index (χ1v) is 11.5. The lowest BCUT2D eigenvalue weighted by Crippen LogP contribution is -2.39. The Bertz CT molecular complexity index is 752. The molecule has 1 amide bonds. The summed E-state index contributed by atoms with van der Waals surface area (Å²) < 4.78 is 25.9. The summed E-state index contributed by atoms with van der Waals surface area (Å²) in [5.41, 5.74) is 0.800. The topological polar surface area (TPSA) is 69.7 Å². The van der Waals surface area contributed by atoms with Crippen LogP contribution in [-0.4, -0.2) is 64.9 Å². The highest BCUT2D eigenvalue weighted by atomic mass is 32.2. The molecule has 0 aromatic heterocycles. The van der Waals surface area contributed by atoms with E-state index in [2.05, 4.69) is 9.62 Å². The smallest absolute Gasteiger partial charge is 0.246 e. The first-order chi connectivity index (χ1) is 13.3. The molecule has 0 radical (unpaired) electrons. The van der Waals surface area contributed by atoms with Gasteiger partial charge in [-0.15, -0.1) is 0 Å². The van der Waals surface area contributed by atoms with Crippen LogP contribution in [0.1, 0.15) is 37.7 Å². The molecule has 0 bridgehead atoms. The quantitative estimate of drug-likeness (QED) is 0.639. The molecule has 1 aromatic rings. The van der Waals surface area contributed by atoms with Crippen molar-refractivity contribution in [1.29, 1.82) is 0 Å². The largest absolute Gasteiger partial charge is 0.338 e. The van der Waals surface area contributed by atoms with E-state index >= 15 is 0 Å². The first kappa shape index (κ1) is 22.6. The van der Waals surface area contributed by atoms with Crippen LogP contribution < -0.4 is 4.72 Å². The number of amides is 1. The monoisotopic (exact) mass is 407 g/mol. The molecule has 156 valence electrons. The van der Waals surface area contributed by atoms with Gasteiger partial charge in [-0.25, -0.2) is 13.1 Å². The molecule has 1 aromatic carbocycles. The molecule has 1 aliphatic carbocycles. The maximum Gasteiger partial charge on any atom is 0.246 e. The highest BCUT2D eigenvalue weighted by Crippen LogP contribution is 2.24. The van der Waals surface area contributed by atoms with Crippen molar-refractivity contribution < 1.29 is 13.2 Å². The second-order valence-electron chi connectivity index (χ2n) is 7.70. The van der Waals surface area contributed by atoms with Crippen LogP contribution >= 0.6 is 0 Å². The molecule has 28 heavy (non-hydrogen) atoms. The van der Waals surface area contributed by atoms with Crippen LogP contribution in [0.5, 0.6) is 0 Å². The summed E-state index contributed by atoms with van der Waals surface area (Å²) in [5.74, 6) is 0.610. The third kappa shape index (κ3) is 7.04. The fourth-order valence-electron chi connectivity index (χ4n) is 3.44. The van der Waals surface area contributed by atoms with Gasteiger partial charge in [-0.3, -0.25) is 4.79 Å². The van der Waals surface area contributed by atoms with Crippen LogP contribution in [0.3, 0.4) is 0 Å². The molecule has 0 saturated heterocycles. The van der Waals surface area contributed by atoms with Gasteiger partial charge in [0.2, 0.25) is 15.9 Å². The van der Waals surface area contributed by atoms with Gasteiger partial charge < -0.3 is 9.80 Å². The van der Waals surface area contributed by atoms with Crippen molar-refractivity contribution in [1.82, 2.24) is 14.5 Å². The third-order valence-corrected chi connectivity index (χ3v) is 6.64. The predicted octanol–water partition coefficient (Wildman–Crippen LogP) is 2.58. The lowest BCUT2D eigenvalue weighted by molar-refractivity contribution is -0.126. The second kappa shape index (κ2) is 10.7. The average molecular weight is 408 g/mol. The Morgan fingerprint density at radius 3 is 2.32 bits per heavy atom. The van der Waals surface area contributed by atoms with Crippen molar-refractivity contribution in [2.24, 2.45) is 5.92 Å². The number of nitrogens with one attached hydrogen (secondary N) is 1. The average Bonchev–Trinajstić information content (AvgIpc) is 2.70. The molecule has 0 atom stereocenters. The number of hydrogen-bond acceptors (Lipinski definition) is 4. The molecular formula is C21H33N3O3S. The Kier molecular flexibility index (Phi) is 8.66. The summed E-state index contributed by atoms with van der Waals surface area (Å²) in [6.45, 7) is 2.37. The lowest BCUT2D eigenvalue weighted by Gasteiger charge is -2.30. The molecule has 7 heteroatoms. The van der Waals surface area contributed by atoms with Crippen molar-refractivity contribution in [2.75, 3.05) is 40.8 Å². The molecule has 1 fully saturated rings. The van der Waals surface area contributed by atoms with Crippen molar-refractivity contribution in [3.63, 3.8) is 0 Å². The second-order valence-corrected chi connectivity index (χ2v) is 9.59. The van der Waals surface area contributed by atoms with Gasteiger partial charge in [0.25, 0.3) is 0 Å². The zero-order valence-electron chi connectivity index (χ0n) is 17.2. The van der Waals surface area contributed by atoms with Crippen LogP contribution in [0.4, 0.5) is 0 Å². The zero-order valence-corrected chi connectivity index (χ0v) is 18.0. The molecule has 0 unspecified atom stereocenters. The molecule has 1 aliphatic rings. The fraction of sp³-hybridized carbons (Fsp3) is 0.571. The molecule has 2 rings (SSSR count). The van der Waals surface area contributed by atoms with E-state index in [9.17, 15) is 13.2 Å². The number of likely N-dealkylation sites (N-methyl/N-ethyl adjacent to an activating group) is 1. The molecule has 6 nitrogen and oxygen atoms in total. The Hall–Kier alpha value is -1.70. The fourth-order valence-corrected chi connectivity index (χ4v) is 4.17. The van der Waals surface area contributed by atoms with Crippen LogP contribution in [0.25, 0.3) is 6.08 Å². The SMILES string of the molecule is CNS(=O)(=O)c1ccc(C=CC(=O)N(CCN(C)C)CC2CCCCC2)cc1. The summed E-state index contributed by atoms with van der Waals surface area (Å²) in [7, 11) is 1.97. The van der Waals surface area contributed by atoms with Gasteiger partial charge in [0.05, 0.1) is 4.90 Å². The lowest BCUT2D eigenvalue weighted by atomic mass is 9.89. The van der Waals surface area contributed by atoms with Crippen molar-refractivity contribution in [3.8, 4) is 0 Å². The normalized spacial score (nSPS) is 16.0. The Morgan fingerprint density at radius 2 is 1.75 bits per heavy atom. The Morgan fingerprint density at radius 1 is 1.11 bits per heavy atom. The number of sulfonamides is 1. The number of benzene rings is 1. The van der Waals surface area contributed by atoms with Crippen LogP contribution in [0, 0.1) is 5.92 Å². The van der Waals surface area contributed by atoms with Crippen LogP contribution in [0.15, 0.2) is 35.2 Å². The van der Waals surface area contributed by atoms with E-state index in [1.807, 2.05) is 19.0 Å². The highest BCUT2D eigenvalue weighted by Gasteiger charge is 2.19. The molecule has 0 aliphatic heterocycles. The van der Waals surface area contributed by atoms with E-state index in [1.165, 1.54) is 39.2 Å². The van der Waals surface area contributed by atoms with Crippen LogP contribution in [-0.2, 0) is 14.8 Å². The summed E-state index contributed by atoms with van der Waals surface area (Å²) in [6.07, 6.45) is 9.59. The Balaban J connectivity index is 2.03. The van der Waals surface area contributed by atoms with Gasteiger partial charge in [0.1, 0.15) is 0 Å². The van der Waals surface area contributed by atoms with Crippen LogP contribution in [0.2, 0.25) is 0 Å². The maximum atomic E-state index is 12.8. The number of nitrogens with zero attached hydrogens (tertiary/aromatic N) is 2. The number of carbonyl (C=O) groups is 1. The summed E-state index contributed by atoms with van der Waals surface area (Å²) >= 11 is 0. The minimum Gasteiger partial charge on any atom is -0.338 e. The van der Waals surface area contributed by atoms with E-state index in [-0.39, 0.29) is 10.8 Å². The Labute approximate surface area is 169 Å². The minimum absolute atomic E-state index is 0.0133. The van der Waals surface area contributed by atoms with Crippen molar-refractivity contribution >= 4 is 22.0 Å². The summed E-state index contributed by atoms with van der Waals surface area (Å²) in [6, 6.07) is 6.50. The van der Waals surface area contributed by atoms with Gasteiger partial charge in [-0.1, -0.05) is 31.4 Å². The first-order valence-electron chi connectivity index (χ1n) is 9.97. The van der Waals surface area contributed by atoms with Gasteiger partial charge in [0, 0.05) is 25.7 Å². The highest BCUT2D eigenvalue weighted by molar-refractivity contribution is 7.89. The number of hydrogen-bond donors (Lipinski definition) is 1. The van der Waals surface area contributed by atoms with E-state index in [4.69, 9.17) is 0 Å². The van der Waals surface area contributed by atoms with E-state index in [0.29, 0.717) is 12.5 Å². The zero-order chi connectivity index (χ0) is 20.6. The summed E-state index contributed by atoms with van der Waals surface area (Å²) in [4.78, 5) is 17.0. The van der Waals surface area contributed by atoms with E-state index < -0.39 is 10.0 Å². The third-order valence-electron chi connectivity index (χ3n) is 5.21. The van der Waals surface area contributed by atoms with Gasteiger partial charge in [-0.05, 0) is 63.7 Å². The molecule has 1 saturated carbocycles. The van der Waals surface area contributed by atoms with Gasteiger partial charge >= 0.3 is 0 Å². The van der Waals surface area contributed by atoms with Crippen molar-refractivity contribution in [3.05, 3.63) is 35.9 Å². The molecule has 1 N–H and O–H groups in total. The molecular weight excluding hydrogens is 374 g/mol. The number of carbonyl (C=O) groups excluding carboxylic acids is 1. The minimum atomic E-state index is -3.45. The van der Waals surface area contributed by atoms with Gasteiger partial charge in [-0.2, -0.15) is 0 Å². The molecule has 0 spiro atoms. The molecule has 0 heterocycles. The maximum absolute atomic E-state index is 12.8.